The van der Waals surface area contributed by atoms with Crippen LogP contribution in [0, 0.1) is 29.1 Å². The number of hydrogen-bond acceptors (Lipinski definition) is 6. The van der Waals surface area contributed by atoms with Crippen molar-refractivity contribution in [1.82, 2.24) is 20.1 Å². The van der Waals surface area contributed by atoms with E-state index in [1.54, 1.807) is 7.11 Å². The second kappa shape index (κ2) is 8.87. The minimum atomic E-state index is -0.0197. The number of rotatable bonds is 4. The lowest BCUT2D eigenvalue weighted by atomic mass is 9.73. The van der Waals surface area contributed by atoms with Gasteiger partial charge in [0.1, 0.15) is 17.5 Å². The van der Waals surface area contributed by atoms with Crippen molar-refractivity contribution < 1.29 is 9.53 Å². The number of carbonyl (C=O) groups excluding carboxylic acids is 1. The van der Waals surface area contributed by atoms with Crippen LogP contribution >= 0.6 is 0 Å². The summed E-state index contributed by atoms with van der Waals surface area (Å²) in [4.78, 5) is 21.8. The number of carbonyl (C=O) groups is 1. The predicted octanol–water partition coefficient (Wildman–Crippen LogP) is 4.52. The second-order valence-electron chi connectivity index (χ2n) is 12.1. The number of benzene rings is 1. The van der Waals surface area contributed by atoms with E-state index in [1.807, 2.05) is 11.1 Å². The number of aromatic nitrogens is 3. The Morgan fingerprint density at radius 2 is 2.03 bits per heavy atom. The van der Waals surface area contributed by atoms with E-state index in [1.165, 1.54) is 17.9 Å². The number of H-pyrrole nitrogens is 1. The molecule has 196 valence electrons. The van der Waals surface area contributed by atoms with E-state index in [0.717, 1.165) is 91.0 Å². The van der Waals surface area contributed by atoms with E-state index in [4.69, 9.17) is 9.72 Å². The van der Waals surface area contributed by atoms with Gasteiger partial charge >= 0.3 is 0 Å². The number of ether oxygens (including phenoxy) is 1. The van der Waals surface area contributed by atoms with Gasteiger partial charge in [0.05, 0.1) is 25.1 Å². The molecular formula is C30H34N6O2. The molecule has 1 aliphatic carbocycles. The molecule has 8 heteroatoms. The maximum atomic E-state index is 12.4. The van der Waals surface area contributed by atoms with E-state index < -0.39 is 0 Å². The van der Waals surface area contributed by atoms with Gasteiger partial charge in [-0.15, -0.1) is 0 Å². The Kier molecular flexibility index (Phi) is 5.71. The van der Waals surface area contributed by atoms with E-state index in [2.05, 4.69) is 54.1 Å². The molecule has 1 N–H and O–H groups in total. The lowest BCUT2D eigenvalue weighted by Gasteiger charge is -2.47. The summed E-state index contributed by atoms with van der Waals surface area (Å²) in [5, 5.41) is 19.1. The summed E-state index contributed by atoms with van der Waals surface area (Å²) in [6.07, 6.45) is 8.62. The van der Waals surface area contributed by atoms with Gasteiger partial charge in [-0.1, -0.05) is 19.9 Å². The first kappa shape index (κ1) is 24.5. The van der Waals surface area contributed by atoms with Gasteiger partial charge in [-0.2, -0.15) is 10.4 Å². The standard InChI is InChI=1S/C30H34N6O2/c1-19-5-6-23-22(15-32-34-23)26(19)27-20-7-9-29(2,3)13-24(20)33-28(21(27)14-31)35-11-10-30(16-35)17-36(18-30)25(37)8-12-38-4/h5-6,8,12,15H,7,9-11,13,16-18H2,1-4H3,(H,32,34)/b12-8+. The number of likely N-dealkylation sites (tertiary alicyclic amines) is 1. The summed E-state index contributed by atoms with van der Waals surface area (Å²) in [6, 6.07) is 6.75. The number of amides is 1. The molecule has 2 saturated heterocycles. The maximum absolute atomic E-state index is 12.4. The first-order valence-corrected chi connectivity index (χ1v) is 13.4. The fraction of sp³-hybridized carbons (Fsp3) is 0.467. The second-order valence-corrected chi connectivity index (χ2v) is 12.1. The van der Waals surface area contributed by atoms with Crippen LogP contribution < -0.4 is 4.90 Å². The Bertz CT molecular complexity index is 1510. The van der Waals surface area contributed by atoms with Crippen molar-refractivity contribution in [3.63, 3.8) is 0 Å². The molecule has 8 nitrogen and oxygen atoms in total. The van der Waals surface area contributed by atoms with Gasteiger partial charge in [0.2, 0.25) is 5.91 Å². The SMILES string of the molecule is CO/C=C/C(=O)N1CC2(CCN(c3nc4c(c(-c5c(C)ccc6[nH]ncc56)c3C#N)CCC(C)(C)C4)C2)C1. The molecule has 1 aromatic carbocycles. The molecule has 0 radical (unpaired) electrons. The molecule has 38 heavy (non-hydrogen) atoms. The van der Waals surface area contributed by atoms with Crippen LogP contribution in [0.4, 0.5) is 5.82 Å². The highest BCUT2D eigenvalue weighted by molar-refractivity contribution is 5.99. The third kappa shape index (κ3) is 3.92. The molecular weight excluding hydrogens is 476 g/mol. The molecule has 4 heterocycles. The summed E-state index contributed by atoms with van der Waals surface area (Å²) in [5.74, 6) is 0.772. The fourth-order valence-electron chi connectivity index (χ4n) is 6.67. The zero-order valence-corrected chi connectivity index (χ0v) is 22.6. The average Bonchev–Trinajstić information content (AvgIpc) is 3.52. The summed E-state index contributed by atoms with van der Waals surface area (Å²) >= 11 is 0. The number of anilines is 1. The summed E-state index contributed by atoms with van der Waals surface area (Å²) in [5.41, 5.74) is 7.41. The highest BCUT2D eigenvalue weighted by Gasteiger charge is 2.49. The number of pyridine rings is 1. The van der Waals surface area contributed by atoms with E-state index >= 15 is 0 Å². The number of nitriles is 1. The number of methoxy groups -OCH3 is 1. The van der Waals surface area contributed by atoms with Crippen LogP contribution in [0.25, 0.3) is 22.0 Å². The van der Waals surface area contributed by atoms with Crippen molar-refractivity contribution >= 4 is 22.6 Å². The van der Waals surface area contributed by atoms with Crippen molar-refractivity contribution in [1.29, 1.82) is 5.26 Å². The van der Waals surface area contributed by atoms with E-state index in [0.29, 0.717) is 5.56 Å². The smallest absolute Gasteiger partial charge is 0.249 e. The summed E-state index contributed by atoms with van der Waals surface area (Å²) in [7, 11) is 1.54. The van der Waals surface area contributed by atoms with Gasteiger partial charge in [-0.25, -0.2) is 4.98 Å². The fourth-order valence-corrected chi connectivity index (χ4v) is 6.67. The Morgan fingerprint density at radius 3 is 2.79 bits per heavy atom. The normalized spacial score (nSPS) is 19.6. The molecule has 1 spiro atoms. The van der Waals surface area contributed by atoms with Gasteiger partial charge in [-0.3, -0.25) is 9.89 Å². The summed E-state index contributed by atoms with van der Waals surface area (Å²) in [6.45, 7) is 9.79. The lowest BCUT2D eigenvalue weighted by Crippen LogP contribution is -2.59. The van der Waals surface area contributed by atoms with Crippen LogP contribution in [0.5, 0.6) is 0 Å². The van der Waals surface area contributed by atoms with Crippen molar-refractivity contribution in [3.8, 4) is 17.2 Å². The van der Waals surface area contributed by atoms with Crippen molar-refractivity contribution in [2.24, 2.45) is 10.8 Å². The number of nitrogens with zero attached hydrogens (tertiary/aromatic N) is 5. The van der Waals surface area contributed by atoms with Gasteiger partial charge in [-0.05, 0) is 60.8 Å². The third-order valence-electron chi connectivity index (χ3n) is 8.71. The van der Waals surface area contributed by atoms with Gasteiger partial charge in [0.25, 0.3) is 0 Å². The van der Waals surface area contributed by atoms with Crippen LogP contribution in [0.3, 0.4) is 0 Å². The molecule has 3 aromatic rings. The van der Waals surface area contributed by atoms with Gasteiger partial charge in [0, 0.05) is 54.3 Å². The molecule has 6 rings (SSSR count). The topological polar surface area (TPSA) is 98.1 Å². The lowest BCUT2D eigenvalue weighted by molar-refractivity contribution is -0.136. The Labute approximate surface area is 223 Å². The van der Waals surface area contributed by atoms with Crippen molar-refractivity contribution in [3.05, 3.63) is 53.1 Å². The van der Waals surface area contributed by atoms with Crippen LogP contribution in [0.1, 0.15) is 49.1 Å². The van der Waals surface area contributed by atoms with Crippen molar-refractivity contribution in [2.75, 3.05) is 38.2 Å². The average molecular weight is 511 g/mol. The summed E-state index contributed by atoms with van der Waals surface area (Å²) < 4.78 is 4.91. The maximum Gasteiger partial charge on any atom is 0.249 e. The Hall–Kier alpha value is -3.86. The number of fused-ring (bicyclic) bond motifs is 2. The molecule has 0 bridgehead atoms. The van der Waals surface area contributed by atoms with Crippen LogP contribution in [0.2, 0.25) is 0 Å². The quantitative estimate of drug-likeness (QED) is 0.409. The molecule has 2 fully saturated rings. The number of aromatic amines is 1. The minimum absolute atomic E-state index is 0.0197. The minimum Gasteiger partial charge on any atom is -0.504 e. The number of aryl methyl sites for hydroxylation is 1. The molecule has 0 unspecified atom stereocenters. The molecule has 2 aromatic heterocycles. The van der Waals surface area contributed by atoms with Crippen LogP contribution in [0.15, 0.2) is 30.7 Å². The van der Waals surface area contributed by atoms with Crippen LogP contribution in [-0.4, -0.2) is 59.3 Å². The van der Waals surface area contributed by atoms with Crippen molar-refractivity contribution in [2.45, 2.75) is 46.5 Å². The molecule has 0 atom stereocenters. The first-order valence-electron chi connectivity index (χ1n) is 13.4. The largest absolute Gasteiger partial charge is 0.504 e. The van der Waals surface area contributed by atoms with Crippen LogP contribution in [-0.2, 0) is 22.4 Å². The zero-order chi connectivity index (χ0) is 26.7. The monoisotopic (exact) mass is 510 g/mol. The first-order chi connectivity index (χ1) is 18.2. The van der Waals surface area contributed by atoms with E-state index in [9.17, 15) is 10.1 Å². The van der Waals surface area contributed by atoms with E-state index in [-0.39, 0.29) is 16.7 Å². The highest BCUT2D eigenvalue weighted by atomic mass is 16.5. The molecule has 1 amide bonds. The number of hydrogen-bond donors (Lipinski definition) is 1. The zero-order valence-electron chi connectivity index (χ0n) is 22.6. The van der Waals surface area contributed by atoms with Gasteiger partial charge in [0.15, 0.2) is 0 Å². The third-order valence-corrected chi connectivity index (χ3v) is 8.71. The molecule has 2 aliphatic heterocycles. The molecule has 3 aliphatic rings. The highest BCUT2D eigenvalue weighted by Crippen LogP contribution is 2.47. The molecule has 0 saturated carbocycles. The Morgan fingerprint density at radius 1 is 1.21 bits per heavy atom. The van der Waals surface area contributed by atoms with Gasteiger partial charge < -0.3 is 14.5 Å². The Balaban J connectivity index is 1.43. The number of nitrogens with one attached hydrogen (secondary N) is 1. The predicted molar refractivity (Wildman–Crippen MR) is 147 cm³/mol.